The molecular weight excluding hydrogens is 260 g/mol. The number of hydrogen-bond donors (Lipinski definition) is 2. The Kier molecular flexibility index (Phi) is 5.99. The zero-order chi connectivity index (χ0) is 15.1. The van der Waals surface area contributed by atoms with E-state index in [1.165, 1.54) is 7.11 Å². The molecule has 1 amide bonds. The number of benzene rings is 1. The zero-order valence-corrected chi connectivity index (χ0v) is 11.9. The van der Waals surface area contributed by atoms with Crippen LogP contribution in [0, 0.1) is 0 Å². The van der Waals surface area contributed by atoms with E-state index in [1.807, 2.05) is 0 Å². The van der Waals surface area contributed by atoms with Crippen LogP contribution in [0.2, 0.25) is 0 Å². The fourth-order valence-corrected chi connectivity index (χ4v) is 1.47. The van der Waals surface area contributed by atoms with Gasteiger partial charge in [-0.1, -0.05) is 18.2 Å². The van der Waals surface area contributed by atoms with Gasteiger partial charge in [0.1, 0.15) is 6.10 Å². The number of hydrogen-bond acceptors (Lipinski definition) is 5. The van der Waals surface area contributed by atoms with Gasteiger partial charge in [-0.3, -0.25) is 0 Å². The minimum Gasteiger partial charge on any atom is -0.465 e. The third kappa shape index (κ3) is 4.55. The number of esters is 1. The molecule has 0 fully saturated rings. The second-order valence-corrected chi connectivity index (χ2v) is 4.47. The monoisotopic (exact) mass is 280 g/mol. The van der Waals surface area contributed by atoms with Gasteiger partial charge in [-0.15, -0.1) is 0 Å². The highest BCUT2D eigenvalue weighted by atomic mass is 16.6. The highest BCUT2D eigenvalue weighted by Crippen LogP contribution is 2.10. The summed E-state index contributed by atoms with van der Waals surface area (Å²) in [6.07, 6.45) is -0.958. The van der Waals surface area contributed by atoms with Crippen LogP contribution < -0.4 is 11.1 Å². The Morgan fingerprint density at radius 1 is 1.30 bits per heavy atom. The van der Waals surface area contributed by atoms with Crippen molar-refractivity contribution in [3.8, 4) is 0 Å². The molecule has 0 aromatic heterocycles. The second-order valence-electron chi connectivity index (χ2n) is 4.47. The molecule has 0 spiro atoms. The van der Waals surface area contributed by atoms with Crippen LogP contribution >= 0.6 is 0 Å². The minimum atomic E-state index is -0.575. The molecule has 0 aliphatic carbocycles. The van der Waals surface area contributed by atoms with Crippen LogP contribution in [0.3, 0.4) is 0 Å². The Hall–Kier alpha value is -2.08. The Balaban J connectivity index is 2.62. The Labute approximate surface area is 118 Å². The van der Waals surface area contributed by atoms with Crippen LogP contribution in [0.5, 0.6) is 0 Å². The maximum atomic E-state index is 11.6. The lowest BCUT2D eigenvalue weighted by molar-refractivity contribution is 0.0598. The first-order chi connectivity index (χ1) is 9.45. The summed E-state index contributed by atoms with van der Waals surface area (Å²) in [6.45, 7) is 3.65. The summed E-state index contributed by atoms with van der Waals surface area (Å²) in [7, 11) is 1.31. The third-order valence-electron chi connectivity index (χ3n) is 2.88. The molecule has 1 rings (SSSR count). The third-order valence-corrected chi connectivity index (χ3v) is 2.88. The van der Waals surface area contributed by atoms with E-state index in [1.54, 1.807) is 38.1 Å². The summed E-state index contributed by atoms with van der Waals surface area (Å²) in [5.74, 6) is -0.445. The van der Waals surface area contributed by atoms with E-state index in [0.717, 1.165) is 0 Å². The zero-order valence-electron chi connectivity index (χ0n) is 11.9. The lowest BCUT2D eigenvalue weighted by Gasteiger charge is -2.17. The van der Waals surface area contributed by atoms with E-state index < -0.39 is 12.1 Å². The average molecular weight is 280 g/mol. The van der Waals surface area contributed by atoms with Gasteiger partial charge in [-0.25, -0.2) is 9.59 Å². The molecule has 0 saturated carbocycles. The summed E-state index contributed by atoms with van der Waals surface area (Å²) in [6, 6.07) is 6.63. The normalized spacial score (nSPS) is 13.2. The fraction of sp³-hybridized carbons (Fsp3) is 0.429. The molecule has 1 aromatic rings. The molecule has 6 heteroatoms. The first kappa shape index (κ1) is 16.0. The molecule has 2 atom stereocenters. The molecule has 2 unspecified atom stereocenters. The van der Waals surface area contributed by atoms with Crippen molar-refractivity contribution in [2.45, 2.75) is 32.5 Å². The lowest BCUT2D eigenvalue weighted by atomic mass is 10.1. The van der Waals surface area contributed by atoms with Crippen LogP contribution in [-0.4, -0.2) is 31.3 Å². The predicted octanol–water partition coefficient (Wildman–Crippen LogP) is 1.44. The van der Waals surface area contributed by atoms with E-state index >= 15 is 0 Å². The van der Waals surface area contributed by atoms with E-state index in [2.05, 4.69) is 10.1 Å². The smallest absolute Gasteiger partial charge is 0.407 e. The quantitative estimate of drug-likeness (QED) is 0.796. The van der Waals surface area contributed by atoms with Crippen LogP contribution in [0.15, 0.2) is 24.3 Å². The van der Waals surface area contributed by atoms with Crippen molar-refractivity contribution in [3.05, 3.63) is 35.4 Å². The van der Waals surface area contributed by atoms with Gasteiger partial charge in [0, 0.05) is 12.6 Å². The number of nitrogens with two attached hydrogens (primary N) is 1. The average Bonchev–Trinajstić information content (AvgIpc) is 2.44. The SMILES string of the molecule is COC(=O)c1ccccc1CNC(=O)OC(C)C(C)N. The summed E-state index contributed by atoms with van der Waals surface area (Å²) < 4.78 is 9.75. The molecule has 1 aromatic carbocycles. The number of rotatable bonds is 5. The molecule has 3 N–H and O–H groups in total. The first-order valence-corrected chi connectivity index (χ1v) is 6.32. The molecule has 6 nitrogen and oxygen atoms in total. The van der Waals surface area contributed by atoms with Gasteiger partial charge >= 0.3 is 12.1 Å². The van der Waals surface area contributed by atoms with Gasteiger partial charge in [-0.2, -0.15) is 0 Å². The van der Waals surface area contributed by atoms with Crippen molar-refractivity contribution in [1.29, 1.82) is 0 Å². The van der Waals surface area contributed by atoms with Gasteiger partial charge in [0.2, 0.25) is 0 Å². The Morgan fingerprint density at radius 3 is 2.55 bits per heavy atom. The fourth-order valence-electron chi connectivity index (χ4n) is 1.47. The van der Waals surface area contributed by atoms with Gasteiger partial charge in [0.15, 0.2) is 0 Å². The summed E-state index contributed by atoms with van der Waals surface area (Å²) in [5, 5.41) is 2.58. The van der Waals surface area contributed by atoms with Crippen molar-refractivity contribution in [2.75, 3.05) is 7.11 Å². The largest absolute Gasteiger partial charge is 0.465 e. The number of nitrogens with one attached hydrogen (secondary N) is 1. The highest BCUT2D eigenvalue weighted by molar-refractivity contribution is 5.91. The van der Waals surface area contributed by atoms with Crippen molar-refractivity contribution in [2.24, 2.45) is 5.73 Å². The maximum absolute atomic E-state index is 11.6. The number of carbonyl (C=O) groups is 2. The van der Waals surface area contributed by atoms with Crippen molar-refractivity contribution >= 4 is 12.1 Å². The van der Waals surface area contributed by atoms with E-state index in [9.17, 15) is 9.59 Å². The van der Waals surface area contributed by atoms with E-state index in [0.29, 0.717) is 11.1 Å². The van der Waals surface area contributed by atoms with Gasteiger partial charge in [0.05, 0.1) is 12.7 Å². The van der Waals surface area contributed by atoms with Crippen LogP contribution in [0.25, 0.3) is 0 Å². The van der Waals surface area contributed by atoms with Crippen LogP contribution in [0.4, 0.5) is 4.79 Å². The molecule has 0 bridgehead atoms. The van der Waals surface area contributed by atoms with Crippen LogP contribution in [0.1, 0.15) is 29.8 Å². The molecule has 110 valence electrons. The van der Waals surface area contributed by atoms with Crippen molar-refractivity contribution < 1.29 is 19.1 Å². The first-order valence-electron chi connectivity index (χ1n) is 6.32. The van der Waals surface area contributed by atoms with E-state index in [-0.39, 0.29) is 18.7 Å². The molecule has 0 aliphatic rings. The maximum Gasteiger partial charge on any atom is 0.407 e. The molecule has 0 aliphatic heterocycles. The van der Waals surface area contributed by atoms with Crippen LogP contribution in [-0.2, 0) is 16.0 Å². The predicted molar refractivity (Wildman–Crippen MR) is 74.2 cm³/mol. The number of ether oxygens (including phenoxy) is 2. The number of methoxy groups -OCH3 is 1. The topological polar surface area (TPSA) is 90.6 Å². The van der Waals surface area contributed by atoms with Crippen molar-refractivity contribution in [3.63, 3.8) is 0 Å². The minimum absolute atomic E-state index is 0.176. The molecular formula is C14H20N2O4. The van der Waals surface area contributed by atoms with Gasteiger partial charge in [-0.05, 0) is 25.5 Å². The summed E-state index contributed by atoms with van der Waals surface area (Å²) >= 11 is 0. The molecule has 0 heterocycles. The number of alkyl carbamates (subject to hydrolysis) is 1. The second kappa shape index (κ2) is 7.49. The molecule has 20 heavy (non-hydrogen) atoms. The van der Waals surface area contributed by atoms with Gasteiger partial charge in [0.25, 0.3) is 0 Å². The number of carbonyl (C=O) groups excluding carboxylic acids is 2. The summed E-state index contributed by atoms with van der Waals surface area (Å²) in [5.41, 5.74) is 6.68. The summed E-state index contributed by atoms with van der Waals surface area (Å²) in [4.78, 5) is 23.1. The molecule has 0 saturated heterocycles. The number of amides is 1. The van der Waals surface area contributed by atoms with E-state index in [4.69, 9.17) is 10.5 Å². The Morgan fingerprint density at radius 2 is 1.95 bits per heavy atom. The standard InChI is InChI=1S/C14H20N2O4/c1-9(15)10(2)20-14(18)16-8-11-6-4-5-7-12(11)13(17)19-3/h4-7,9-10H,8,15H2,1-3H3,(H,16,18). The van der Waals surface area contributed by atoms with Gasteiger partial charge < -0.3 is 20.5 Å². The highest BCUT2D eigenvalue weighted by Gasteiger charge is 2.15. The molecule has 0 radical (unpaired) electrons. The lowest BCUT2D eigenvalue weighted by Crippen LogP contribution is -2.36. The Bertz CT molecular complexity index is 474. The van der Waals surface area contributed by atoms with Crippen molar-refractivity contribution in [1.82, 2.24) is 5.32 Å².